The van der Waals surface area contributed by atoms with Crippen molar-refractivity contribution in [1.82, 2.24) is 25.5 Å². The molecule has 0 bridgehead atoms. The topological polar surface area (TPSA) is 120 Å². The maximum absolute atomic E-state index is 12.8. The van der Waals surface area contributed by atoms with Crippen molar-refractivity contribution in [2.45, 2.75) is 13.8 Å². The molecule has 2 aromatic heterocycles. The van der Waals surface area contributed by atoms with Gasteiger partial charge in [-0.05, 0) is 38.1 Å². The molecule has 0 aromatic carbocycles. The Balaban J connectivity index is 1.58. The molecular weight excluding hydrogens is 398 g/mol. The van der Waals surface area contributed by atoms with Crippen LogP contribution in [0.2, 0.25) is 0 Å². The molecule has 0 unspecified atom stereocenters. The van der Waals surface area contributed by atoms with Crippen molar-refractivity contribution in [3.05, 3.63) is 47.4 Å². The summed E-state index contributed by atoms with van der Waals surface area (Å²) in [5, 5.41) is 7.80. The normalized spacial score (nSPS) is 13.5. The van der Waals surface area contributed by atoms with Crippen LogP contribution in [0.1, 0.15) is 33.5 Å². The molecule has 0 spiro atoms. The molecule has 0 saturated carbocycles. The van der Waals surface area contributed by atoms with Gasteiger partial charge in [0.05, 0.1) is 16.9 Å². The summed E-state index contributed by atoms with van der Waals surface area (Å²) in [5.41, 5.74) is 2.60. The van der Waals surface area contributed by atoms with E-state index in [2.05, 4.69) is 30.8 Å². The van der Waals surface area contributed by atoms with Gasteiger partial charge in [0.25, 0.3) is 11.8 Å². The Hall–Kier alpha value is -3.69. The number of aryl methyl sites for hydroxylation is 1. The highest BCUT2D eigenvalue weighted by molar-refractivity contribution is 5.95. The number of aromatic nitrogens is 2. The fraction of sp³-hybridized carbons (Fsp3) is 0.381. The van der Waals surface area contributed by atoms with Crippen molar-refractivity contribution in [2.75, 3.05) is 50.0 Å². The zero-order valence-corrected chi connectivity index (χ0v) is 17.9. The van der Waals surface area contributed by atoms with E-state index in [-0.39, 0.29) is 17.8 Å². The van der Waals surface area contributed by atoms with Gasteiger partial charge in [0.15, 0.2) is 0 Å². The monoisotopic (exact) mass is 425 g/mol. The zero-order valence-electron chi connectivity index (χ0n) is 17.9. The largest absolute Gasteiger partial charge is 0.367 e. The highest BCUT2D eigenvalue weighted by atomic mass is 16.2. The number of pyridine rings is 2. The predicted octanol–water partition coefficient (Wildman–Crippen LogP) is 1.25. The van der Waals surface area contributed by atoms with E-state index in [4.69, 9.17) is 0 Å². The minimum atomic E-state index is -0.335. The van der Waals surface area contributed by atoms with E-state index in [9.17, 15) is 14.4 Å². The number of amides is 4. The van der Waals surface area contributed by atoms with Gasteiger partial charge in [-0.2, -0.15) is 0 Å². The van der Waals surface area contributed by atoms with Crippen LogP contribution >= 0.6 is 0 Å². The number of carbonyl (C=O) groups is 3. The van der Waals surface area contributed by atoms with Crippen LogP contribution in [0.25, 0.3) is 0 Å². The molecule has 1 aliphatic heterocycles. The van der Waals surface area contributed by atoms with Crippen molar-refractivity contribution >= 4 is 29.4 Å². The summed E-state index contributed by atoms with van der Waals surface area (Å²) in [6.45, 7) is 6.67. The van der Waals surface area contributed by atoms with Gasteiger partial charge in [-0.15, -0.1) is 0 Å². The second-order valence-corrected chi connectivity index (χ2v) is 7.08. The van der Waals surface area contributed by atoms with Gasteiger partial charge in [-0.3, -0.25) is 14.9 Å². The lowest BCUT2D eigenvalue weighted by molar-refractivity contribution is 0.0746. The summed E-state index contributed by atoms with van der Waals surface area (Å²) >= 11 is 0. The SMILES string of the molecule is CCNC(=O)Nc1ccc(C(=O)N2CCN(c3ccc(C(=O)NC)nc3C)CC2)cn1. The van der Waals surface area contributed by atoms with Crippen molar-refractivity contribution in [2.24, 2.45) is 0 Å². The molecule has 1 fully saturated rings. The van der Waals surface area contributed by atoms with E-state index in [1.54, 1.807) is 30.1 Å². The van der Waals surface area contributed by atoms with E-state index in [1.165, 1.54) is 6.20 Å². The van der Waals surface area contributed by atoms with Crippen LogP contribution in [0.3, 0.4) is 0 Å². The Morgan fingerprint density at radius 2 is 1.81 bits per heavy atom. The Kier molecular flexibility index (Phi) is 7.01. The lowest BCUT2D eigenvalue weighted by atomic mass is 10.2. The fourth-order valence-electron chi connectivity index (χ4n) is 3.39. The lowest BCUT2D eigenvalue weighted by Gasteiger charge is -2.36. The van der Waals surface area contributed by atoms with Crippen LogP contribution in [0, 0.1) is 6.92 Å². The maximum atomic E-state index is 12.8. The molecule has 0 aliphatic carbocycles. The summed E-state index contributed by atoms with van der Waals surface area (Å²) in [7, 11) is 1.58. The van der Waals surface area contributed by atoms with E-state index in [0.717, 1.165) is 11.4 Å². The molecule has 3 rings (SSSR count). The highest BCUT2D eigenvalue weighted by Crippen LogP contribution is 2.21. The zero-order chi connectivity index (χ0) is 22.4. The van der Waals surface area contributed by atoms with Gasteiger partial charge in [0, 0.05) is 46.0 Å². The van der Waals surface area contributed by atoms with Gasteiger partial charge >= 0.3 is 6.03 Å². The number of urea groups is 1. The number of nitrogens with zero attached hydrogens (tertiary/aromatic N) is 4. The van der Waals surface area contributed by atoms with Gasteiger partial charge < -0.3 is 20.4 Å². The molecule has 1 saturated heterocycles. The second kappa shape index (κ2) is 9.88. The molecule has 10 heteroatoms. The third-order valence-electron chi connectivity index (χ3n) is 5.01. The van der Waals surface area contributed by atoms with Crippen molar-refractivity contribution < 1.29 is 14.4 Å². The first-order valence-corrected chi connectivity index (χ1v) is 10.2. The Morgan fingerprint density at radius 1 is 1.06 bits per heavy atom. The minimum absolute atomic E-state index is 0.0958. The van der Waals surface area contributed by atoms with Crippen LogP contribution < -0.4 is 20.9 Å². The number of anilines is 2. The Bertz CT molecular complexity index is 954. The van der Waals surface area contributed by atoms with Gasteiger partial charge in [-0.1, -0.05) is 0 Å². The number of piperazine rings is 1. The second-order valence-electron chi connectivity index (χ2n) is 7.08. The van der Waals surface area contributed by atoms with Crippen LogP contribution in [0.4, 0.5) is 16.3 Å². The smallest absolute Gasteiger partial charge is 0.320 e. The fourth-order valence-corrected chi connectivity index (χ4v) is 3.39. The number of nitrogens with one attached hydrogen (secondary N) is 3. The minimum Gasteiger partial charge on any atom is -0.367 e. The summed E-state index contributed by atoms with van der Waals surface area (Å²) < 4.78 is 0. The lowest BCUT2D eigenvalue weighted by Crippen LogP contribution is -2.49. The van der Waals surface area contributed by atoms with Gasteiger partial charge in [0.2, 0.25) is 0 Å². The third kappa shape index (κ3) is 5.27. The maximum Gasteiger partial charge on any atom is 0.320 e. The van der Waals surface area contributed by atoms with Crippen molar-refractivity contribution in [3.63, 3.8) is 0 Å². The molecule has 0 atom stereocenters. The number of hydrogen-bond donors (Lipinski definition) is 3. The molecule has 1 aliphatic rings. The Labute approximate surface area is 181 Å². The number of hydrogen-bond acceptors (Lipinski definition) is 6. The third-order valence-corrected chi connectivity index (χ3v) is 5.01. The highest BCUT2D eigenvalue weighted by Gasteiger charge is 2.24. The quantitative estimate of drug-likeness (QED) is 0.663. The predicted molar refractivity (Wildman–Crippen MR) is 117 cm³/mol. The molecule has 2 aromatic rings. The summed E-state index contributed by atoms with van der Waals surface area (Å²) in [5.74, 6) is 0.0721. The molecule has 10 nitrogen and oxygen atoms in total. The average Bonchev–Trinajstić information content (AvgIpc) is 2.79. The number of carbonyl (C=O) groups excluding carboxylic acids is 3. The van der Waals surface area contributed by atoms with E-state index >= 15 is 0 Å². The molecule has 164 valence electrons. The van der Waals surface area contributed by atoms with Crippen LogP contribution in [0.5, 0.6) is 0 Å². The summed E-state index contributed by atoms with van der Waals surface area (Å²) in [6, 6.07) is 6.55. The van der Waals surface area contributed by atoms with E-state index < -0.39 is 0 Å². The Morgan fingerprint density at radius 3 is 2.39 bits per heavy atom. The first-order valence-electron chi connectivity index (χ1n) is 10.2. The molecular formula is C21H27N7O3. The molecule has 0 radical (unpaired) electrons. The van der Waals surface area contributed by atoms with Crippen LogP contribution in [-0.2, 0) is 0 Å². The average molecular weight is 425 g/mol. The van der Waals surface area contributed by atoms with E-state index in [1.807, 2.05) is 19.9 Å². The molecule has 3 heterocycles. The van der Waals surface area contributed by atoms with Gasteiger partial charge in [-0.25, -0.2) is 14.8 Å². The summed E-state index contributed by atoms with van der Waals surface area (Å²) in [4.78, 5) is 48.6. The van der Waals surface area contributed by atoms with Crippen LogP contribution in [0.15, 0.2) is 30.5 Å². The van der Waals surface area contributed by atoms with Crippen LogP contribution in [-0.4, -0.2) is 72.5 Å². The van der Waals surface area contributed by atoms with Crippen molar-refractivity contribution in [1.29, 1.82) is 0 Å². The summed E-state index contributed by atoms with van der Waals surface area (Å²) in [6.07, 6.45) is 1.47. The number of rotatable bonds is 5. The first-order chi connectivity index (χ1) is 14.9. The molecule has 31 heavy (non-hydrogen) atoms. The molecule has 3 N–H and O–H groups in total. The molecule has 4 amide bonds. The first kappa shape index (κ1) is 22.0. The van der Waals surface area contributed by atoms with Crippen molar-refractivity contribution in [3.8, 4) is 0 Å². The van der Waals surface area contributed by atoms with E-state index in [0.29, 0.717) is 49.8 Å². The van der Waals surface area contributed by atoms with Gasteiger partial charge in [0.1, 0.15) is 11.5 Å². The standard InChI is InChI=1S/C21H27N7O3/c1-4-23-21(31)26-18-8-5-15(13-24-18)20(30)28-11-9-27(10-12-28)17-7-6-16(19(29)22-3)25-14(17)2/h5-8,13H,4,9-12H2,1-3H3,(H,22,29)(H2,23,24,26,31).